The lowest BCUT2D eigenvalue weighted by atomic mass is 9.17. The number of aliphatic hydroxyl groups is 9. The van der Waals surface area contributed by atoms with Crippen LogP contribution in [0.4, 0.5) is 0 Å². The molecule has 0 aromatic heterocycles. The average Bonchev–Trinajstić information content (AvgIpc) is 0.643. The van der Waals surface area contributed by atoms with Crippen LogP contribution in [0.3, 0.4) is 0 Å². The predicted octanol–water partition coefficient (Wildman–Crippen LogP) is -1.32. The van der Waals surface area contributed by atoms with Crippen molar-refractivity contribution in [3.05, 3.63) is 133 Å². The molecule has 1 saturated heterocycles. The maximum Gasteiger partial charge on any atom is 0.247 e. The Balaban J connectivity index is 0.955. The van der Waals surface area contributed by atoms with Gasteiger partial charge in [-0.1, -0.05) is 61.3 Å². The Labute approximate surface area is 582 Å². The molecule has 5 fully saturated rings. The average molecular weight is 1430 g/mol. The second kappa shape index (κ2) is 27.3. The predicted molar refractivity (Wildman–Crippen MR) is 351 cm³/mol. The van der Waals surface area contributed by atoms with Crippen LogP contribution in [0.1, 0.15) is 111 Å². The lowest BCUT2D eigenvalue weighted by Gasteiger charge is -2.88. The fourth-order valence-corrected chi connectivity index (χ4v) is 17.5. The first kappa shape index (κ1) is 70.8. The lowest BCUT2D eigenvalue weighted by Crippen LogP contribution is -2.88. The minimum atomic E-state index is -2.81. The Kier molecular flexibility index (Phi) is 19.3. The summed E-state index contributed by atoms with van der Waals surface area (Å²) in [6, 6.07) is 2.18. The molecule has 19 unspecified atom stereocenters. The van der Waals surface area contributed by atoms with Crippen molar-refractivity contribution < 1.29 is 98.5 Å². The smallest absolute Gasteiger partial charge is 0.247 e. The van der Waals surface area contributed by atoms with Crippen LogP contribution in [0.5, 0.6) is 11.5 Å². The molecular weight excluding hydrogens is 1350 g/mol. The molecule has 19 atom stereocenters. The minimum absolute atomic E-state index is 0.0248. The van der Waals surface area contributed by atoms with Gasteiger partial charge in [-0.25, -0.2) is 0 Å². The van der Waals surface area contributed by atoms with Gasteiger partial charge in [0.15, 0.2) is 17.6 Å². The van der Waals surface area contributed by atoms with Crippen molar-refractivity contribution in [2.45, 2.75) is 168 Å². The van der Waals surface area contributed by atoms with Gasteiger partial charge in [0.05, 0.1) is 53.8 Å². The Hall–Kier alpha value is -7.59. The van der Waals surface area contributed by atoms with Crippen molar-refractivity contribution >= 4 is 70.1 Å². The van der Waals surface area contributed by atoms with Gasteiger partial charge in [0.2, 0.25) is 53.4 Å². The van der Waals surface area contributed by atoms with Gasteiger partial charge in [0, 0.05) is 36.6 Å². The van der Waals surface area contributed by atoms with Crippen LogP contribution >= 0.6 is 23.2 Å². The van der Waals surface area contributed by atoms with Crippen LogP contribution in [-0.4, -0.2) is 187 Å². The Bertz CT molecular complexity index is 3970. The molecule has 31 heteroatoms. The number of rotatable bonds is 13. The van der Waals surface area contributed by atoms with E-state index < -0.39 is 171 Å². The molecular formula is C69H81Cl2N9O20. The monoisotopic (exact) mass is 1430 g/mol. The number of fused-ring (bicyclic) bond motifs is 16. The Morgan fingerprint density at radius 2 is 1.48 bits per heavy atom. The van der Waals surface area contributed by atoms with Gasteiger partial charge in [-0.2, -0.15) is 0 Å². The van der Waals surface area contributed by atoms with E-state index in [9.17, 15) is 69.9 Å². The molecule has 536 valence electrons. The summed E-state index contributed by atoms with van der Waals surface area (Å²) in [5.41, 5.74) is 12.2. The maximum absolute atomic E-state index is 15.3. The number of carbonyl (C=O) groups is 7. The molecule has 9 bridgehead atoms. The number of amides is 7. The molecule has 5 aliphatic heterocycles. The van der Waals surface area contributed by atoms with Gasteiger partial charge in [0.25, 0.3) is 0 Å². The summed E-state index contributed by atoms with van der Waals surface area (Å²) in [7, 11) is 1.52. The third-order valence-corrected chi connectivity index (χ3v) is 22.6. The maximum atomic E-state index is 15.3. The summed E-state index contributed by atoms with van der Waals surface area (Å²) in [5.74, 6) is -9.02. The summed E-state index contributed by atoms with van der Waals surface area (Å²) < 4.78 is 25.7. The first-order valence-electron chi connectivity index (χ1n) is 33.4. The second-order valence-electron chi connectivity index (χ2n) is 28.3. The molecule has 7 amide bonds. The largest absolute Gasteiger partial charge is 0.480 e. The highest BCUT2D eigenvalue weighted by atomic mass is 35.5. The third-order valence-electron chi connectivity index (χ3n) is 22.0. The first-order valence-corrected chi connectivity index (χ1v) is 34.2. The molecule has 1 spiro atoms. The highest BCUT2D eigenvalue weighted by molar-refractivity contribution is 6.32. The topological polar surface area (TPSA) is 475 Å². The standard InChI is InChI=1S/C69H81Cl2N9O20/c1-25(2)10-41(74-3)63(91)80-56-57(86)28-6-9-46(40(71)13-28)98-48-15-29-14-47(61(48)100-67-60(89)59(88)58(87)49(24-81)99-67)97-45-8-5-26(12-39(45)70)44(83)22-51(85)78-54(65(93)79-55-37-17-30-16-31-18-38(55)68(30,31)37)34-19-32(82)20-36-52(34)33-11-27(4-7-35(33)69(36,95)96)53(62(73)90)75-23-43(29)77-64(92)42(21-50(72)84)76-66(56)94/h4-9,11-13,15,19,25,30-32,37-38,41-44,47,49,53-60,67,74-75,81-83,86-89,95-96H,10,14,16-18,20-24H2,1-3H3,(H2,72,84)(H2,73,90)(H,76,94)(H,77,92)(H,78,85)(H,79,93)(H,80,91). The molecule has 3 aromatic carbocycles. The molecule has 12 aliphatic rings. The van der Waals surface area contributed by atoms with E-state index >= 15 is 9.59 Å². The van der Waals surface area contributed by atoms with Gasteiger partial charge in [0.1, 0.15) is 66.2 Å². The van der Waals surface area contributed by atoms with Crippen molar-refractivity contribution in [1.82, 2.24) is 37.2 Å². The number of halogens is 2. The molecule has 7 aliphatic carbocycles. The minimum Gasteiger partial charge on any atom is -0.480 e. The number of carbonyl (C=O) groups excluding carboxylic acids is 7. The summed E-state index contributed by atoms with van der Waals surface area (Å²) in [4.78, 5) is 101. The van der Waals surface area contributed by atoms with Crippen LogP contribution in [0.25, 0.3) is 5.57 Å². The van der Waals surface area contributed by atoms with Gasteiger partial charge < -0.3 is 108 Å². The number of ether oxygens (including phenoxy) is 4. The van der Waals surface area contributed by atoms with Gasteiger partial charge in [-0.05, 0) is 149 Å². The number of likely N-dealkylation sites (N-methyl/N-ethyl adjacent to an activating group) is 1. The number of allylic oxidation sites excluding steroid dienone is 1. The quantitative estimate of drug-likeness (QED) is 0.0883. The Morgan fingerprint density at radius 1 is 0.790 bits per heavy atom. The van der Waals surface area contributed by atoms with Crippen LogP contribution in [0.2, 0.25) is 10.0 Å². The normalized spacial score (nSPS) is 35.1. The molecule has 29 nitrogen and oxygen atoms in total. The van der Waals surface area contributed by atoms with E-state index in [0.29, 0.717) is 11.8 Å². The number of nitrogens with two attached hydrogens (primary N) is 2. The SMILES string of the molecule is CNC(CC(C)C)C(=O)NC1C(=O)NC(CC(N)=O)C(=O)NC2CNC(C(N)=O)c3ccc4c(c3)C3=C(CC(O)C=C3C(C(=O)NC3C5CC6CC7CC3C675)NC(=O)CC(O)c3ccc(c(Cl)c3)OC3CC2=CC(=C3OC2OC(CO)C(O)C(O)C2O)Oc2ccc(cc2Cl)C1O)C4(O)O. The van der Waals surface area contributed by atoms with Crippen molar-refractivity contribution in [3.63, 3.8) is 0 Å². The van der Waals surface area contributed by atoms with Crippen LogP contribution < -0.4 is 58.2 Å². The van der Waals surface area contributed by atoms with Gasteiger partial charge in [-0.3, -0.25) is 38.9 Å². The van der Waals surface area contributed by atoms with Gasteiger partial charge >= 0.3 is 0 Å². The van der Waals surface area contributed by atoms with Crippen molar-refractivity contribution in [1.29, 1.82) is 0 Å². The Morgan fingerprint density at radius 3 is 2.14 bits per heavy atom. The number of primary amides is 2. The fraction of sp³-hybridized carbons (Fsp3) is 0.522. The summed E-state index contributed by atoms with van der Waals surface area (Å²) in [6.45, 7) is 2.28. The van der Waals surface area contributed by atoms with Crippen LogP contribution in [0, 0.1) is 35.0 Å². The van der Waals surface area contributed by atoms with E-state index in [1.54, 1.807) is 0 Å². The summed E-state index contributed by atoms with van der Waals surface area (Å²) in [6.07, 6.45) is -12.4. The van der Waals surface area contributed by atoms with Gasteiger partial charge in [-0.15, -0.1) is 0 Å². The van der Waals surface area contributed by atoms with Crippen molar-refractivity contribution in [3.8, 4) is 11.5 Å². The number of aliphatic hydroxyl groups excluding tert-OH is 7. The van der Waals surface area contributed by atoms with Crippen LogP contribution in [0.15, 0.2) is 95.0 Å². The molecule has 0 radical (unpaired) electrons. The molecule has 100 heavy (non-hydrogen) atoms. The first-order chi connectivity index (χ1) is 47.5. The van der Waals surface area contributed by atoms with Crippen molar-refractivity contribution in [2.24, 2.45) is 46.5 Å². The van der Waals surface area contributed by atoms with Crippen molar-refractivity contribution in [2.75, 3.05) is 20.2 Å². The number of nitrogens with one attached hydrogen (secondary N) is 7. The lowest BCUT2D eigenvalue weighted by molar-refractivity contribution is -0.390. The zero-order valence-electron chi connectivity index (χ0n) is 54.5. The molecule has 3 aromatic rings. The zero-order chi connectivity index (χ0) is 71.5. The molecule has 4 saturated carbocycles. The highest BCUT2D eigenvalue weighted by Crippen LogP contribution is 2.87. The summed E-state index contributed by atoms with van der Waals surface area (Å²) in [5, 5.41) is 123. The molecule has 20 N–H and O–H groups in total. The van der Waals surface area contributed by atoms with Crippen LogP contribution in [-0.2, 0) is 48.8 Å². The number of benzene rings is 3. The van der Waals surface area contributed by atoms with E-state index in [2.05, 4.69) is 37.2 Å². The highest BCUT2D eigenvalue weighted by Gasteiger charge is 2.84. The molecule has 5 heterocycles. The zero-order valence-corrected chi connectivity index (χ0v) is 56.0. The molecule has 15 rings (SSSR count). The van der Waals surface area contributed by atoms with E-state index in [0.717, 1.165) is 19.3 Å². The fourth-order valence-electron chi connectivity index (χ4n) is 17.0. The van der Waals surface area contributed by atoms with E-state index in [-0.39, 0.29) is 125 Å². The number of hydrogen-bond acceptors (Lipinski definition) is 22. The summed E-state index contributed by atoms with van der Waals surface area (Å²) >= 11 is 14.1. The van der Waals surface area contributed by atoms with E-state index in [1.807, 2.05) is 13.8 Å². The number of hydrogen-bond donors (Lipinski definition) is 18. The van der Waals surface area contributed by atoms with E-state index in [4.69, 9.17) is 53.6 Å². The third kappa shape index (κ3) is 12.5. The van der Waals surface area contributed by atoms with E-state index in [1.165, 1.54) is 73.8 Å². The second-order valence-corrected chi connectivity index (χ2v) is 29.1.